The zero-order chi connectivity index (χ0) is 22.0. The minimum Gasteiger partial charge on any atom is -0.356 e. The van der Waals surface area contributed by atoms with Crippen LogP contribution < -0.4 is 0 Å². The molecule has 1 N–H and O–H groups in total. The number of piperazine rings is 1. The summed E-state index contributed by atoms with van der Waals surface area (Å²) in [5.41, 5.74) is 0.752. The Hall–Kier alpha value is -2.01. The van der Waals surface area contributed by atoms with Gasteiger partial charge in [-0.2, -0.15) is 16.1 Å². The van der Waals surface area contributed by atoms with Gasteiger partial charge in [0.15, 0.2) is 0 Å². The lowest BCUT2D eigenvalue weighted by atomic mass is 10.2. The second-order valence-electron chi connectivity index (χ2n) is 7.36. The van der Waals surface area contributed by atoms with Crippen LogP contribution in [0.4, 0.5) is 0 Å². The van der Waals surface area contributed by atoms with Gasteiger partial charge in [-0.15, -0.1) is 0 Å². The van der Waals surface area contributed by atoms with Crippen LogP contribution in [-0.2, 0) is 10.0 Å². The Bertz CT molecular complexity index is 1070. The molecule has 166 valence electrons. The van der Waals surface area contributed by atoms with E-state index >= 15 is 0 Å². The number of halogens is 1. The number of hydrogen-bond acceptors (Lipinski definition) is 5. The minimum absolute atomic E-state index is 0.109. The number of hydrogen-bond donors (Lipinski definition) is 1. The van der Waals surface area contributed by atoms with Crippen LogP contribution in [0.3, 0.4) is 0 Å². The van der Waals surface area contributed by atoms with Crippen molar-refractivity contribution in [3.8, 4) is 0 Å². The number of rotatable bonds is 4. The van der Waals surface area contributed by atoms with E-state index in [1.54, 1.807) is 45.8 Å². The summed E-state index contributed by atoms with van der Waals surface area (Å²) < 4.78 is 27.0. The standard InChI is InChI=1S/C20H23ClN4O4S2/c21-16-3-1-2-15(12-16)19(26)23-4-6-24(7-5-23)20(27)18-13-17(14-22-18)31(28,29)25-8-10-30-11-9-25/h1-3,12-14,22H,4-11H2. The second-order valence-corrected chi connectivity index (χ2v) is 11.0. The van der Waals surface area contributed by atoms with Gasteiger partial charge in [0, 0.05) is 67.6 Å². The molecular formula is C20H23ClN4O4S2. The van der Waals surface area contributed by atoms with Gasteiger partial charge < -0.3 is 14.8 Å². The van der Waals surface area contributed by atoms with E-state index in [4.69, 9.17) is 11.6 Å². The van der Waals surface area contributed by atoms with E-state index in [0.29, 0.717) is 49.9 Å². The first kappa shape index (κ1) is 22.2. The first-order valence-electron chi connectivity index (χ1n) is 9.97. The number of thioether (sulfide) groups is 1. The molecule has 0 radical (unpaired) electrons. The van der Waals surface area contributed by atoms with E-state index in [9.17, 15) is 18.0 Å². The van der Waals surface area contributed by atoms with Crippen molar-refractivity contribution in [1.29, 1.82) is 0 Å². The summed E-state index contributed by atoms with van der Waals surface area (Å²) in [6.07, 6.45) is 1.38. The van der Waals surface area contributed by atoms with Gasteiger partial charge in [0.1, 0.15) is 10.6 Å². The molecule has 0 saturated carbocycles. The fraction of sp³-hybridized carbons (Fsp3) is 0.400. The molecule has 2 fully saturated rings. The van der Waals surface area contributed by atoms with Crippen molar-refractivity contribution >= 4 is 45.2 Å². The van der Waals surface area contributed by atoms with Gasteiger partial charge in [0.25, 0.3) is 11.8 Å². The normalized spacial score (nSPS) is 18.2. The number of aromatic nitrogens is 1. The van der Waals surface area contributed by atoms with E-state index in [0.717, 1.165) is 11.5 Å². The highest BCUT2D eigenvalue weighted by atomic mass is 35.5. The van der Waals surface area contributed by atoms with E-state index in [2.05, 4.69) is 4.98 Å². The largest absolute Gasteiger partial charge is 0.356 e. The Morgan fingerprint density at radius 3 is 2.23 bits per heavy atom. The van der Waals surface area contributed by atoms with Gasteiger partial charge in [0.05, 0.1) is 0 Å². The average molecular weight is 483 g/mol. The Morgan fingerprint density at radius 1 is 0.935 bits per heavy atom. The lowest BCUT2D eigenvalue weighted by Crippen LogP contribution is -2.50. The zero-order valence-corrected chi connectivity index (χ0v) is 19.2. The van der Waals surface area contributed by atoms with Crippen molar-refractivity contribution < 1.29 is 18.0 Å². The van der Waals surface area contributed by atoms with Crippen molar-refractivity contribution in [1.82, 2.24) is 19.1 Å². The summed E-state index contributed by atoms with van der Waals surface area (Å²) >= 11 is 7.70. The molecule has 8 nitrogen and oxygen atoms in total. The first-order valence-corrected chi connectivity index (χ1v) is 12.9. The highest BCUT2D eigenvalue weighted by molar-refractivity contribution is 7.99. The Labute approximate surface area is 190 Å². The average Bonchev–Trinajstić information content (AvgIpc) is 3.30. The number of aromatic amines is 1. The Morgan fingerprint density at radius 2 is 1.58 bits per heavy atom. The maximum atomic E-state index is 12.9. The molecule has 0 atom stereocenters. The number of nitrogens with one attached hydrogen (secondary N) is 1. The molecule has 2 saturated heterocycles. The highest BCUT2D eigenvalue weighted by Crippen LogP contribution is 2.22. The highest BCUT2D eigenvalue weighted by Gasteiger charge is 2.30. The lowest BCUT2D eigenvalue weighted by Gasteiger charge is -2.34. The van der Waals surface area contributed by atoms with Crippen molar-refractivity contribution in [2.75, 3.05) is 50.8 Å². The number of sulfonamides is 1. The quantitative estimate of drug-likeness (QED) is 0.719. The maximum Gasteiger partial charge on any atom is 0.270 e. The molecule has 3 heterocycles. The van der Waals surface area contributed by atoms with Gasteiger partial charge in [-0.25, -0.2) is 8.42 Å². The van der Waals surface area contributed by atoms with Crippen molar-refractivity contribution in [2.24, 2.45) is 0 Å². The van der Waals surface area contributed by atoms with Gasteiger partial charge in [-0.3, -0.25) is 9.59 Å². The number of amides is 2. The monoisotopic (exact) mass is 482 g/mol. The summed E-state index contributed by atoms with van der Waals surface area (Å²) in [6, 6.07) is 8.19. The van der Waals surface area contributed by atoms with Gasteiger partial charge in [-0.1, -0.05) is 17.7 Å². The Balaban J connectivity index is 1.38. The summed E-state index contributed by atoms with van der Waals surface area (Å²) in [4.78, 5) is 31.8. The number of nitrogens with zero attached hydrogens (tertiary/aromatic N) is 3. The van der Waals surface area contributed by atoms with Crippen LogP contribution in [0.25, 0.3) is 0 Å². The van der Waals surface area contributed by atoms with Gasteiger partial charge >= 0.3 is 0 Å². The van der Waals surface area contributed by atoms with Crippen LogP contribution in [0.15, 0.2) is 41.4 Å². The molecule has 1 aromatic heterocycles. The molecule has 31 heavy (non-hydrogen) atoms. The molecule has 11 heteroatoms. The molecule has 0 spiro atoms. The molecule has 2 aromatic rings. The van der Waals surface area contributed by atoms with E-state index in [-0.39, 0.29) is 22.4 Å². The van der Waals surface area contributed by atoms with Crippen LogP contribution >= 0.6 is 23.4 Å². The number of benzene rings is 1. The molecule has 2 amide bonds. The molecule has 4 rings (SSSR count). The Kier molecular flexibility index (Phi) is 6.61. The number of carbonyl (C=O) groups is 2. The minimum atomic E-state index is -3.61. The van der Waals surface area contributed by atoms with Crippen LogP contribution in [-0.4, -0.2) is 90.1 Å². The van der Waals surface area contributed by atoms with Crippen molar-refractivity contribution in [3.63, 3.8) is 0 Å². The molecule has 2 aliphatic rings. The predicted molar refractivity (Wildman–Crippen MR) is 120 cm³/mol. The first-order chi connectivity index (χ1) is 14.9. The molecule has 0 aliphatic carbocycles. The zero-order valence-electron chi connectivity index (χ0n) is 16.8. The topological polar surface area (TPSA) is 93.8 Å². The molecule has 2 aliphatic heterocycles. The molecular weight excluding hydrogens is 460 g/mol. The number of carbonyl (C=O) groups excluding carboxylic acids is 2. The van der Waals surface area contributed by atoms with Crippen LogP contribution in [0.1, 0.15) is 20.8 Å². The molecule has 0 bridgehead atoms. The summed E-state index contributed by atoms with van der Waals surface area (Å²) in [6.45, 7) is 2.49. The fourth-order valence-electron chi connectivity index (χ4n) is 3.67. The molecule has 0 unspecified atom stereocenters. The SMILES string of the molecule is O=C(c1cccc(Cl)c1)N1CCN(C(=O)c2cc(S(=O)(=O)N3CCSCC3)c[nH]2)CC1. The van der Waals surface area contributed by atoms with Gasteiger partial charge in [-0.05, 0) is 24.3 Å². The fourth-order valence-corrected chi connectivity index (χ4v) is 6.43. The summed E-state index contributed by atoms with van der Waals surface area (Å²) in [7, 11) is -3.61. The lowest BCUT2D eigenvalue weighted by molar-refractivity contribution is 0.0532. The van der Waals surface area contributed by atoms with Crippen LogP contribution in [0.5, 0.6) is 0 Å². The predicted octanol–water partition coefficient (Wildman–Crippen LogP) is 2.00. The third-order valence-corrected chi connectivity index (χ3v) is 8.47. The van der Waals surface area contributed by atoms with Crippen LogP contribution in [0, 0.1) is 0 Å². The summed E-state index contributed by atoms with van der Waals surface area (Å²) in [5, 5.41) is 0.500. The third-order valence-electron chi connectivity index (χ3n) is 5.42. The third kappa shape index (κ3) is 4.77. The smallest absolute Gasteiger partial charge is 0.270 e. The van der Waals surface area contributed by atoms with Crippen molar-refractivity contribution in [2.45, 2.75) is 4.90 Å². The summed E-state index contributed by atoms with van der Waals surface area (Å²) in [5.74, 6) is 1.15. The van der Waals surface area contributed by atoms with E-state index in [1.165, 1.54) is 16.6 Å². The maximum absolute atomic E-state index is 12.9. The van der Waals surface area contributed by atoms with Crippen LogP contribution in [0.2, 0.25) is 5.02 Å². The number of H-pyrrole nitrogens is 1. The molecule has 1 aromatic carbocycles. The second kappa shape index (κ2) is 9.23. The van der Waals surface area contributed by atoms with E-state index in [1.807, 2.05) is 0 Å². The van der Waals surface area contributed by atoms with E-state index < -0.39 is 10.0 Å². The van der Waals surface area contributed by atoms with Crippen molar-refractivity contribution in [3.05, 3.63) is 52.8 Å². The van der Waals surface area contributed by atoms with Gasteiger partial charge in [0.2, 0.25) is 10.0 Å².